The predicted octanol–water partition coefficient (Wildman–Crippen LogP) is 2.18. The lowest BCUT2D eigenvalue weighted by Crippen LogP contribution is -2.45. The van der Waals surface area contributed by atoms with E-state index in [2.05, 4.69) is 20.9 Å². The van der Waals surface area contributed by atoms with Gasteiger partial charge in [-0.2, -0.15) is 0 Å². The maximum Gasteiger partial charge on any atom is 0.228 e. The van der Waals surface area contributed by atoms with Gasteiger partial charge in [-0.1, -0.05) is 6.07 Å². The highest BCUT2D eigenvalue weighted by molar-refractivity contribution is 5.82. The van der Waals surface area contributed by atoms with Crippen molar-refractivity contribution in [3.05, 3.63) is 30.1 Å². The molecule has 5 heteroatoms. The average Bonchev–Trinajstić information content (AvgIpc) is 3.41. The Bertz CT molecular complexity index is 594. The van der Waals surface area contributed by atoms with Gasteiger partial charge in [0.2, 0.25) is 5.91 Å². The summed E-state index contributed by atoms with van der Waals surface area (Å²) in [6.45, 7) is 5.47. The number of hydrogen-bond acceptors (Lipinski definition) is 4. The maximum absolute atomic E-state index is 12.9. The lowest BCUT2D eigenvalue weighted by atomic mass is 9.71. The number of ether oxygens (including phenoxy) is 1. The van der Waals surface area contributed by atoms with Crippen LogP contribution < -0.4 is 0 Å². The van der Waals surface area contributed by atoms with Gasteiger partial charge in [-0.15, -0.1) is 0 Å². The first kappa shape index (κ1) is 17.0. The first-order valence-electron chi connectivity index (χ1n) is 9.60. The average molecular weight is 343 g/mol. The van der Waals surface area contributed by atoms with Crippen molar-refractivity contribution in [1.82, 2.24) is 14.8 Å². The van der Waals surface area contributed by atoms with Crippen LogP contribution in [0.3, 0.4) is 0 Å². The van der Waals surface area contributed by atoms with Crippen LogP contribution in [0.5, 0.6) is 0 Å². The van der Waals surface area contributed by atoms with E-state index in [4.69, 9.17) is 4.74 Å². The van der Waals surface area contributed by atoms with Crippen LogP contribution in [-0.2, 0) is 16.1 Å². The molecule has 4 rings (SSSR count). The summed E-state index contributed by atoms with van der Waals surface area (Å²) >= 11 is 0. The van der Waals surface area contributed by atoms with Gasteiger partial charge in [-0.25, -0.2) is 0 Å². The van der Waals surface area contributed by atoms with Crippen LogP contribution in [0.4, 0.5) is 0 Å². The molecule has 0 bridgehead atoms. The Morgan fingerprint density at radius 1 is 1.28 bits per heavy atom. The molecule has 3 heterocycles. The zero-order chi connectivity index (χ0) is 17.3. The SMILES string of the molecule is COC[C@@H]1C(=O)N(CC2CC2)CC12CCN(Cc1ccccn1)CC2. The molecule has 1 amide bonds. The molecule has 2 aliphatic heterocycles. The zero-order valence-electron chi connectivity index (χ0n) is 15.2. The van der Waals surface area contributed by atoms with E-state index in [1.807, 2.05) is 18.3 Å². The molecule has 3 aliphatic rings. The van der Waals surface area contributed by atoms with Crippen molar-refractivity contribution < 1.29 is 9.53 Å². The van der Waals surface area contributed by atoms with Crippen LogP contribution in [0.25, 0.3) is 0 Å². The van der Waals surface area contributed by atoms with E-state index < -0.39 is 0 Å². The normalized spacial score (nSPS) is 26.5. The number of rotatable bonds is 6. The van der Waals surface area contributed by atoms with Crippen molar-refractivity contribution in [2.24, 2.45) is 17.3 Å². The zero-order valence-corrected chi connectivity index (χ0v) is 15.2. The smallest absolute Gasteiger partial charge is 0.228 e. The van der Waals surface area contributed by atoms with E-state index in [0.717, 1.165) is 57.2 Å². The van der Waals surface area contributed by atoms with Gasteiger partial charge in [0.1, 0.15) is 0 Å². The molecule has 0 unspecified atom stereocenters. The molecule has 1 spiro atoms. The van der Waals surface area contributed by atoms with Gasteiger partial charge in [0.25, 0.3) is 0 Å². The van der Waals surface area contributed by atoms with Gasteiger partial charge >= 0.3 is 0 Å². The summed E-state index contributed by atoms with van der Waals surface area (Å²) in [5.74, 6) is 1.15. The lowest BCUT2D eigenvalue weighted by molar-refractivity contribution is -0.133. The summed E-state index contributed by atoms with van der Waals surface area (Å²) < 4.78 is 5.44. The van der Waals surface area contributed by atoms with E-state index in [-0.39, 0.29) is 11.3 Å². The molecule has 136 valence electrons. The number of likely N-dealkylation sites (tertiary alicyclic amines) is 2. The molecule has 1 aliphatic carbocycles. The maximum atomic E-state index is 12.9. The third kappa shape index (κ3) is 3.58. The number of hydrogen-bond donors (Lipinski definition) is 0. The van der Waals surface area contributed by atoms with Crippen LogP contribution in [0.2, 0.25) is 0 Å². The van der Waals surface area contributed by atoms with Crippen LogP contribution in [-0.4, -0.2) is 60.6 Å². The fourth-order valence-corrected chi connectivity index (χ4v) is 4.62. The minimum atomic E-state index is 0.0493. The predicted molar refractivity (Wildman–Crippen MR) is 95.9 cm³/mol. The van der Waals surface area contributed by atoms with Gasteiger partial charge < -0.3 is 9.64 Å². The molecule has 0 aromatic carbocycles. The molecule has 1 aromatic heterocycles. The van der Waals surface area contributed by atoms with Crippen molar-refractivity contribution >= 4 is 5.91 Å². The second-order valence-electron chi connectivity index (χ2n) is 8.13. The van der Waals surface area contributed by atoms with Gasteiger partial charge in [0, 0.05) is 38.4 Å². The third-order valence-electron chi connectivity index (χ3n) is 6.33. The van der Waals surface area contributed by atoms with Crippen molar-refractivity contribution in [3.8, 4) is 0 Å². The Hall–Kier alpha value is -1.46. The Balaban J connectivity index is 1.41. The highest BCUT2D eigenvalue weighted by Crippen LogP contribution is 2.46. The van der Waals surface area contributed by atoms with Crippen molar-refractivity contribution in [2.45, 2.75) is 32.2 Å². The highest BCUT2D eigenvalue weighted by Gasteiger charge is 2.53. The van der Waals surface area contributed by atoms with Crippen LogP contribution in [0.15, 0.2) is 24.4 Å². The first-order valence-corrected chi connectivity index (χ1v) is 9.60. The van der Waals surface area contributed by atoms with Crippen molar-refractivity contribution in [3.63, 3.8) is 0 Å². The number of pyridine rings is 1. The number of amides is 1. The molecule has 3 fully saturated rings. The molecular weight excluding hydrogens is 314 g/mol. The first-order chi connectivity index (χ1) is 12.2. The summed E-state index contributed by atoms with van der Waals surface area (Å²) in [6.07, 6.45) is 6.62. The number of aromatic nitrogens is 1. The van der Waals surface area contributed by atoms with E-state index in [9.17, 15) is 4.79 Å². The third-order valence-corrected chi connectivity index (χ3v) is 6.33. The molecule has 0 radical (unpaired) electrons. The number of nitrogens with zero attached hydrogens (tertiary/aromatic N) is 3. The van der Waals surface area contributed by atoms with E-state index in [1.165, 1.54) is 12.8 Å². The molecule has 1 saturated carbocycles. The Morgan fingerprint density at radius 2 is 2.08 bits per heavy atom. The summed E-state index contributed by atoms with van der Waals surface area (Å²) in [7, 11) is 1.72. The van der Waals surface area contributed by atoms with Gasteiger partial charge in [-0.05, 0) is 56.8 Å². The van der Waals surface area contributed by atoms with Gasteiger partial charge in [0.05, 0.1) is 18.2 Å². The van der Waals surface area contributed by atoms with E-state index in [1.54, 1.807) is 7.11 Å². The molecule has 25 heavy (non-hydrogen) atoms. The summed E-state index contributed by atoms with van der Waals surface area (Å²) in [6, 6.07) is 6.10. The number of methoxy groups -OCH3 is 1. The summed E-state index contributed by atoms with van der Waals surface area (Å²) in [4.78, 5) is 22.0. The number of piperidine rings is 1. The Labute approximate surface area is 150 Å². The lowest BCUT2D eigenvalue weighted by Gasteiger charge is -2.41. The standard InChI is InChI=1S/C20H29N3O2/c1-25-14-18-19(24)23(12-16-5-6-16)15-20(18)7-10-22(11-8-20)13-17-4-2-3-9-21-17/h2-4,9,16,18H,5-8,10-15H2,1H3/t18-/m1/s1. The van der Waals surface area contributed by atoms with Crippen molar-refractivity contribution in [2.75, 3.05) is 39.9 Å². The summed E-state index contributed by atoms with van der Waals surface area (Å²) in [5, 5.41) is 0. The second-order valence-corrected chi connectivity index (χ2v) is 8.13. The fourth-order valence-electron chi connectivity index (χ4n) is 4.62. The Morgan fingerprint density at radius 3 is 2.72 bits per heavy atom. The topological polar surface area (TPSA) is 45.7 Å². The number of carbonyl (C=O) groups is 1. The molecular formula is C20H29N3O2. The van der Waals surface area contributed by atoms with Gasteiger partial charge in [-0.3, -0.25) is 14.7 Å². The van der Waals surface area contributed by atoms with E-state index >= 15 is 0 Å². The fraction of sp³-hybridized carbons (Fsp3) is 0.700. The van der Waals surface area contributed by atoms with Crippen LogP contribution >= 0.6 is 0 Å². The van der Waals surface area contributed by atoms with Crippen LogP contribution in [0.1, 0.15) is 31.4 Å². The molecule has 2 saturated heterocycles. The molecule has 1 atom stereocenters. The highest BCUT2D eigenvalue weighted by atomic mass is 16.5. The monoisotopic (exact) mass is 343 g/mol. The van der Waals surface area contributed by atoms with Crippen LogP contribution in [0, 0.1) is 17.3 Å². The van der Waals surface area contributed by atoms with E-state index in [0.29, 0.717) is 12.5 Å². The second kappa shape index (κ2) is 7.04. The molecule has 5 nitrogen and oxygen atoms in total. The van der Waals surface area contributed by atoms with Crippen molar-refractivity contribution in [1.29, 1.82) is 0 Å². The quantitative estimate of drug-likeness (QED) is 0.794. The largest absolute Gasteiger partial charge is 0.384 e. The van der Waals surface area contributed by atoms with Gasteiger partial charge in [0.15, 0.2) is 0 Å². The Kier molecular flexibility index (Phi) is 4.78. The minimum Gasteiger partial charge on any atom is -0.384 e. The number of carbonyl (C=O) groups excluding carboxylic acids is 1. The molecule has 1 aromatic rings. The summed E-state index contributed by atoms with van der Waals surface area (Å²) in [5.41, 5.74) is 1.24. The minimum absolute atomic E-state index is 0.0493. The molecule has 0 N–H and O–H groups in total.